The largest absolute Gasteiger partial charge is 0.497 e. The fourth-order valence-electron chi connectivity index (χ4n) is 4.53. The molecule has 0 saturated carbocycles. The summed E-state index contributed by atoms with van der Waals surface area (Å²) in [5.74, 6) is 0.511. The number of amides is 1. The first-order chi connectivity index (χ1) is 18.1. The van der Waals surface area contributed by atoms with Crippen LogP contribution in [-0.2, 0) is 23.8 Å². The number of thiophene rings is 1. The van der Waals surface area contributed by atoms with E-state index in [-0.39, 0.29) is 17.0 Å². The third kappa shape index (κ3) is 5.30. The zero-order valence-corrected chi connectivity index (χ0v) is 22.2. The second-order valence-corrected chi connectivity index (χ2v) is 11.2. The van der Waals surface area contributed by atoms with E-state index in [2.05, 4.69) is 12.2 Å². The smallest absolute Gasteiger partial charge is 0.416 e. The Bertz CT molecular complexity index is 1560. The van der Waals surface area contributed by atoms with E-state index < -0.39 is 17.6 Å². The van der Waals surface area contributed by atoms with Crippen molar-refractivity contribution in [3.05, 3.63) is 74.9 Å². The maximum absolute atomic E-state index is 13.9. The number of carbonyl (C=O) groups excluding carboxylic acids is 1. The first-order valence-corrected chi connectivity index (χ1v) is 13.8. The number of thioether (sulfide) groups is 1. The molecule has 1 aliphatic carbocycles. The minimum absolute atomic E-state index is 0.0430. The van der Waals surface area contributed by atoms with E-state index in [0.717, 1.165) is 48.7 Å². The highest BCUT2D eigenvalue weighted by molar-refractivity contribution is 7.99. The Morgan fingerprint density at radius 1 is 1.24 bits per heavy atom. The number of alkyl halides is 3. The van der Waals surface area contributed by atoms with E-state index in [1.165, 1.54) is 32.9 Å². The van der Waals surface area contributed by atoms with Crippen molar-refractivity contribution in [2.24, 2.45) is 5.92 Å². The second kappa shape index (κ2) is 10.5. The van der Waals surface area contributed by atoms with Crippen LogP contribution in [0, 0.1) is 5.92 Å². The number of anilines is 1. The minimum atomic E-state index is -4.51. The van der Waals surface area contributed by atoms with Gasteiger partial charge in [-0.05, 0) is 73.2 Å². The zero-order chi connectivity index (χ0) is 27.0. The van der Waals surface area contributed by atoms with Crippen molar-refractivity contribution in [2.75, 3.05) is 18.2 Å². The van der Waals surface area contributed by atoms with Gasteiger partial charge in [0.1, 0.15) is 10.6 Å². The van der Waals surface area contributed by atoms with Crippen LogP contribution in [0.5, 0.6) is 5.75 Å². The van der Waals surface area contributed by atoms with Crippen molar-refractivity contribution in [2.45, 2.75) is 37.5 Å². The molecule has 0 fully saturated rings. The van der Waals surface area contributed by atoms with E-state index in [1.54, 1.807) is 31.4 Å². The van der Waals surface area contributed by atoms with Gasteiger partial charge >= 0.3 is 6.18 Å². The fraction of sp³-hybridized carbons (Fsp3) is 0.296. The van der Waals surface area contributed by atoms with Gasteiger partial charge < -0.3 is 10.1 Å². The average Bonchev–Trinajstić information content (AvgIpc) is 3.25. The molecular formula is C27H24F3N3O3S2. The van der Waals surface area contributed by atoms with Gasteiger partial charge in [0.05, 0.1) is 29.5 Å². The molecule has 1 N–H and O–H groups in total. The van der Waals surface area contributed by atoms with Crippen molar-refractivity contribution in [1.82, 2.24) is 9.55 Å². The van der Waals surface area contributed by atoms with Crippen LogP contribution in [0.4, 0.5) is 18.9 Å². The highest BCUT2D eigenvalue weighted by Gasteiger charge is 2.30. The lowest BCUT2D eigenvalue weighted by Crippen LogP contribution is -2.23. The maximum atomic E-state index is 13.9. The zero-order valence-electron chi connectivity index (χ0n) is 20.6. The third-order valence-corrected chi connectivity index (χ3v) is 8.52. The average molecular weight is 560 g/mol. The molecular weight excluding hydrogens is 535 g/mol. The summed E-state index contributed by atoms with van der Waals surface area (Å²) in [4.78, 5) is 33.2. The first-order valence-electron chi connectivity index (χ1n) is 12.0. The Balaban J connectivity index is 1.48. The van der Waals surface area contributed by atoms with E-state index in [9.17, 15) is 22.8 Å². The minimum Gasteiger partial charge on any atom is -0.497 e. The van der Waals surface area contributed by atoms with Crippen LogP contribution in [0.15, 0.2) is 58.5 Å². The van der Waals surface area contributed by atoms with Crippen molar-refractivity contribution in [1.29, 1.82) is 0 Å². The highest BCUT2D eigenvalue weighted by Crippen LogP contribution is 2.37. The molecule has 2 aromatic heterocycles. The van der Waals surface area contributed by atoms with Crippen molar-refractivity contribution < 1.29 is 22.7 Å². The Morgan fingerprint density at radius 3 is 2.71 bits per heavy atom. The number of hydrogen-bond acceptors (Lipinski definition) is 6. The summed E-state index contributed by atoms with van der Waals surface area (Å²) in [5.41, 5.74) is 0.630. The number of ether oxygens (including phenoxy) is 1. The molecule has 0 bridgehead atoms. The van der Waals surface area contributed by atoms with Crippen molar-refractivity contribution in [3.8, 4) is 11.4 Å². The summed E-state index contributed by atoms with van der Waals surface area (Å²) < 4.78 is 45.8. The first kappa shape index (κ1) is 26.3. The van der Waals surface area contributed by atoms with Gasteiger partial charge in [-0.3, -0.25) is 14.2 Å². The summed E-state index contributed by atoms with van der Waals surface area (Å²) in [7, 11) is 1.55. The Hall–Kier alpha value is -3.31. The molecule has 1 aliphatic rings. The monoisotopic (exact) mass is 559 g/mol. The maximum Gasteiger partial charge on any atom is 0.416 e. The molecule has 6 nitrogen and oxygen atoms in total. The van der Waals surface area contributed by atoms with Gasteiger partial charge in [0, 0.05) is 10.6 Å². The number of halogens is 3. The second-order valence-electron chi connectivity index (χ2n) is 9.18. The van der Waals surface area contributed by atoms with E-state index in [0.29, 0.717) is 32.7 Å². The number of aryl methyl sites for hydroxylation is 1. The fourth-order valence-corrected chi connectivity index (χ4v) is 6.76. The number of hydrogen-bond donors (Lipinski definition) is 1. The van der Waals surface area contributed by atoms with Gasteiger partial charge in [0.15, 0.2) is 5.16 Å². The van der Waals surface area contributed by atoms with Crippen molar-refractivity contribution in [3.63, 3.8) is 0 Å². The topological polar surface area (TPSA) is 73.2 Å². The molecule has 0 spiro atoms. The molecule has 1 unspecified atom stereocenters. The van der Waals surface area contributed by atoms with Gasteiger partial charge in [-0.25, -0.2) is 4.98 Å². The standard InChI is InChI=1S/C27H24F3N3O3S2/c1-15-6-11-20-21(12-15)38-24-23(20)25(35)33(18-7-9-19(36-2)10-8-18)26(32-24)37-14-22(34)31-17-5-3-4-16(13-17)27(28,29)30/h3-5,7-10,13,15H,6,11-12,14H2,1-2H3,(H,31,34). The lowest BCUT2D eigenvalue weighted by molar-refractivity contribution is -0.137. The molecule has 1 atom stereocenters. The lowest BCUT2D eigenvalue weighted by Gasteiger charge is -2.18. The van der Waals surface area contributed by atoms with Gasteiger partial charge in [0.2, 0.25) is 5.91 Å². The molecule has 2 aromatic carbocycles. The van der Waals surface area contributed by atoms with Gasteiger partial charge in [-0.15, -0.1) is 11.3 Å². The third-order valence-electron chi connectivity index (χ3n) is 6.44. The molecule has 11 heteroatoms. The molecule has 198 valence electrons. The van der Waals surface area contributed by atoms with Crippen LogP contribution >= 0.6 is 23.1 Å². The van der Waals surface area contributed by atoms with E-state index in [1.807, 2.05) is 0 Å². The van der Waals surface area contributed by atoms with Crippen LogP contribution in [0.1, 0.15) is 29.3 Å². The number of nitrogens with zero attached hydrogens (tertiary/aromatic N) is 2. The Labute approximate surface area is 224 Å². The predicted octanol–water partition coefficient (Wildman–Crippen LogP) is 6.33. The molecule has 0 saturated heterocycles. The summed E-state index contributed by atoms with van der Waals surface area (Å²) in [6.45, 7) is 2.20. The van der Waals surface area contributed by atoms with E-state index in [4.69, 9.17) is 9.72 Å². The van der Waals surface area contributed by atoms with Crippen molar-refractivity contribution >= 4 is 44.9 Å². The lowest BCUT2D eigenvalue weighted by atomic mass is 9.89. The van der Waals surface area contributed by atoms with Crippen LogP contribution in [-0.4, -0.2) is 28.3 Å². The summed E-state index contributed by atoms with van der Waals surface area (Å²) in [6.07, 6.45) is -1.78. The Morgan fingerprint density at radius 2 is 2.00 bits per heavy atom. The molecule has 0 radical (unpaired) electrons. The quantitative estimate of drug-likeness (QED) is 0.221. The number of fused-ring (bicyclic) bond motifs is 3. The summed E-state index contributed by atoms with van der Waals surface area (Å²) in [5, 5.41) is 3.45. The molecule has 5 rings (SSSR count). The highest BCUT2D eigenvalue weighted by atomic mass is 32.2. The summed E-state index contributed by atoms with van der Waals surface area (Å²) >= 11 is 2.58. The van der Waals surface area contributed by atoms with Crippen LogP contribution in [0.2, 0.25) is 0 Å². The van der Waals surface area contributed by atoms with Gasteiger partial charge in [0.25, 0.3) is 5.56 Å². The van der Waals surface area contributed by atoms with E-state index >= 15 is 0 Å². The molecule has 2 heterocycles. The number of aromatic nitrogens is 2. The molecule has 0 aliphatic heterocycles. The van der Waals surface area contributed by atoms with Gasteiger partial charge in [-0.2, -0.15) is 13.2 Å². The molecule has 1 amide bonds. The van der Waals surface area contributed by atoms with Gasteiger partial charge in [-0.1, -0.05) is 24.8 Å². The number of methoxy groups -OCH3 is 1. The Kier molecular flexibility index (Phi) is 7.23. The number of nitrogens with one attached hydrogen (secondary N) is 1. The van der Waals surface area contributed by atoms with Crippen LogP contribution in [0.3, 0.4) is 0 Å². The van der Waals surface area contributed by atoms with Crippen LogP contribution < -0.4 is 15.6 Å². The number of rotatable bonds is 6. The molecule has 4 aromatic rings. The van der Waals surface area contributed by atoms with Crippen LogP contribution in [0.25, 0.3) is 15.9 Å². The predicted molar refractivity (Wildman–Crippen MR) is 144 cm³/mol. The molecule has 38 heavy (non-hydrogen) atoms. The number of carbonyl (C=O) groups is 1. The summed E-state index contributed by atoms with van der Waals surface area (Å²) in [6, 6.07) is 11.4. The number of benzene rings is 2. The normalized spacial score (nSPS) is 15.3. The SMILES string of the molecule is COc1ccc(-n2c(SCC(=O)Nc3cccc(C(F)(F)F)c3)nc3sc4c(c3c2=O)CCC(C)C4)cc1.